The Labute approximate surface area is 161 Å². The number of nitrogens with one attached hydrogen (secondary N) is 1. The van der Waals surface area contributed by atoms with Crippen LogP contribution in [0.2, 0.25) is 0 Å². The van der Waals surface area contributed by atoms with Gasteiger partial charge in [0.2, 0.25) is 15.9 Å². The summed E-state index contributed by atoms with van der Waals surface area (Å²) in [6.07, 6.45) is 4.22. The van der Waals surface area contributed by atoms with Gasteiger partial charge in [-0.15, -0.1) is 0 Å². The van der Waals surface area contributed by atoms with E-state index in [4.69, 9.17) is 4.74 Å². The Morgan fingerprint density at radius 2 is 2.07 bits per heavy atom. The number of sulfonamides is 1. The van der Waals surface area contributed by atoms with Gasteiger partial charge < -0.3 is 14.7 Å². The highest BCUT2D eigenvalue weighted by Crippen LogP contribution is 2.20. The first-order valence-corrected chi connectivity index (χ1v) is 11.3. The van der Waals surface area contributed by atoms with Crippen molar-refractivity contribution in [1.29, 1.82) is 0 Å². The Morgan fingerprint density at radius 1 is 1.33 bits per heavy atom. The van der Waals surface area contributed by atoms with Gasteiger partial charge in [0.1, 0.15) is 5.75 Å². The summed E-state index contributed by atoms with van der Waals surface area (Å²) in [5.74, 6) is 0.805. The number of carbonyl (C=O) groups excluding carboxylic acids is 1. The summed E-state index contributed by atoms with van der Waals surface area (Å²) in [7, 11) is -3.39. The predicted molar refractivity (Wildman–Crippen MR) is 104 cm³/mol. The summed E-state index contributed by atoms with van der Waals surface area (Å²) in [5.41, 5.74) is 1.08. The van der Waals surface area contributed by atoms with E-state index in [0.29, 0.717) is 38.8 Å². The molecule has 1 aliphatic heterocycles. The molecule has 8 heteroatoms. The second-order valence-corrected chi connectivity index (χ2v) is 8.83. The lowest BCUT2D eigenvalue weighted by molar-refractivity contribution is -0.136. The molecule has 1 aromatic carbocycles. The largest absolute Gasteiger partial charge is 0.493 e. The first-order chi connectivity index (χ1) is 12.8. The van der Waals surface area contributed by atoms with Crippen molar-refractivity contribution in [2.24, 2.45) is 0 Å². The number of unbranched alkanes of at least 4 members (excludes halogenated alkanes) is 1. The molecular weight excluding hydrogens is 368 g/mol. The zero-order valence-corrected chi connectivity index (χ0v) is 16.9. The molecular formula is C19H30N2O5S. The van der Waals surface area contributed by atoms with Crippen molar-refractivity contribution in [1.82, 2.24) is 9.62 Å². The fraction of sp³-hybridized carbons (Fsp3) is 0.632. The molecule has 2 N–H and O–H groups in total. The van der Waals surface area contributed by atoms with Gasteiger partial charge in [-0.3, -0.25) is 4.79 Å². The second-order valence-electron chi connectivity index (χ2n) is 7.05. The van der Waals surface area contributed by atoms with Gasteiger partial charge >= 0.3 is 0 Å². The molecule has 2 rings (SSSR count). The number of benzene rings is 1. The highest BCUT2D eigenvalue weighted by atomic mass is 32.2. The summed E-state index contributed by atoms with van der Waals surface area (Å²) in [5, 5.41) is 9.69. The van der Waals surface area contributed by atoms with Gasteiger partial charge in [-0.25, -0.2) is 13.1 Å². The second kappa shape index (κ2) is 10.1. The molecule has 1 heterocycles. The average Bonchev–Trinajstić information content (AvgIpc) is 2.61. The number of likely N-dealkylation sites (tertiary alicyclic amines) is 1. The van der Waals surface area contributed by atoms with E-state index < -0.39 is 22.1 Å². The van der Waals surface area contributed by atoms with Crippen molar-refractivity contribution in [2.75, 3.05) is 26.0 Å². The van der Waals surface area contributed by atoms with E-state index in [1.165, 1.54) is 0 Å². The van der Waals surface area contributed by atoms with E-state index in [1.807, 2.05) is 31.2 Å². The van der Waals surface area contributed by atoms with Gasteiger partial charge in [-0.2, -0.15) is 0 Å². The third-order valence-corrected chi connectivity index (χ3v) is 5.52. The Morgan fingerprint density at radius 3 is 2.74 bits per heavy atom. The van der Waals surface area contributed by atoms with Crippen molar-refractivity contribution >= 4 is 15.9 Å². The Bertz CT molecular complexity index is 723. The summed E-state index contributed by atoms with van der Waals surface area (Å²) in [6, 6.07) is 6.86. The van der Waals surface area contributed by atoms with E-state index in [2.05, 4.69) is 4.72 Å². The van der Waals surface area contributed by atoms with Crippen LogP contribution in [0.4, 0.5) is 0 Å². The Balaban J connectivity index is 1.79. The molecule has 7 nitrogen and oxygen atoms in total. The summed E-state index contributed by atoms with van der Waals surface area (Å²) >= 11 is 0. The number of rotatable bonds is 9. The molecule has 2 atom stereocenters. The molecule has 1 aromatic rings. The van der Waals surface area contributed by atoms with Crippen molar-refractivity contribution in [3.63, 3.8) is 0 Å². The average molecular weight is 399 g/mol. The monoisotopic (exact) mass is 398 g/mol. The van der Waals surface area contributed by atoms with Crippen LogP contribution in [-0.2, 0) is 14.8 Å². The minimum atomic E-state index is -3.39. The quantitative estimate of drug-likeness (QED) is 0.614. The molecule has 1 fully saturated rings. The molecule has 1 saturated heterocycles. The Hall–Kier alpha value is -1.64. The first kappa shape index (κ1) is 21.7. The molecule has 1 unspecified atom stereocenters. The molecule has 152 valence electrons. The lowest BCUT2D eigenvalue weighted by atomic mass is 9.97. The van der Waals surface area contributed by atoms with E-state index in [0.717, 1.165) is 24.0 Å². The third kappa shape index (κ3) is 6.79. The van der Waals surface area contributed by atoms with Gasteiger partial charge in [-0.05, 0) is 44.2 Å². The molecule has 0 aliphatic carbocycles. The van der Waals surface area contributed by atoms with Crippen LogP contribution in [0.3, 0.4) is 0 Å². The van der Waals surface area contributed by atoms with Crippen LogP contribution in [0, 0.1) is 6.92 Å². The number of nitrogens with zero attached hydrogens (tertiary/aromatic N) is 1. The number of hydrogen-bond donors (Lipinski definition) is 2. The maximum Gasteiger partial charge on any atom is 0.222 e. The molecule has 0 spiro atoms. The summed E-state index contributed by atoms with van der Waals surface area (Å²) in [4.78, 5) is 14.2. The predicted octanol–water partition coefficient (Wildman–Crippen LogP) is 1.45. The fourth-order valence-corrected chi connectivity index (χ4v) is 4.25. The summed E-state index contributed by atoms with van der Waals surface area (Å²) in [6.45, 7) is 2.83. The van der Waals surface area contributed by atoms with E-state index in [9.17, 15) is 18.3 Å². The van der Waals surface area contributed by atoms with E-state index in [-0.39, 0.29) is 12.5 Å². The van der Waals surface area contributed by atoms with Gasteiger partial charge in [0.05, 0.1) is 25.5 Å². The number of piperidine rings is 1. The van der Waals surface area contributed by atoms with Crippen LogP contribution in [0.15, 0.2) is 24.3 Å². The highest BCUT2D eigenvalue weighted by molar-refractivity contribution is 7.88. The number of hydrogen-bond acceptors (Lipinski definition) is 5. The molecule has 0 aromatic heterocycles. The normalized spacial score (nSPS) is 20.5. The van der Waals surface area contributed by atoms with Gasteiger partial charge in [0.15, 0.2) is 0 Å². The third-order valence-electron chi connectivity index (χ3n) is 4.79. The zero-order valence-electron chi connectivity index (χ0n) is 16.1. The number of carbonyl (C=O) groups is 1. The van der Waals surface area contributed by atoms with Crippen LogP contribution < -0.4 is 9.46 Å². The highest BCUT2D eigenvalue weighted by Gasteiger charge is 2.34. The molecule has 0 radical (unpaired) electrons. The standard InChI is InChI=1S/C19H30N2O5S/c1-15-8-3-4-10-18(15)26-13-6-5-11-19(23)21-12-7-9-16(17(21)14-22)20-27(2,24)25/h3-4,8,10,16-17,20,22H,5-7,9,11-14H2,1-2H3/t16?,17-/m0/s1. The number of para-hydroxylation sites is 1. The minimum Gasteiger partial charge on any atom is -0.493 e. The fourth-order valence-electron chi connectivity index (χ4n) is 3.43. The maximum absolute atomic E-state index is 12.6. The van der Waals surface area contributed by atoms with Crippen molar-refractivity contribution < 1.29 is 23.1 Å². The van der Waals surface area contributed by atoms with Crippen molar-refractivity contribution in [2.45, 2.75) is 51.1 Å². The van der Waals surface area contributed by atoms with E-state index in [1.54, 1.807) is 4.90 Å². The van der Waals surface area contributed by atoms with Gasteiger partial charge in [0, 0.05) is 19.0 Å². The lowest BCUT2D eigenvalue weighted by Gasteiger charge is -2.40. The number of aryl methyl sites for hydroxylation is 1. The number of ether oxygens (including phenoxy) is 1. The van der Waals surface area contributed by atoms with Gasteiger partial charge in [0.25, 0.3) is 0 Å². The topological polar surface area (TPSA) is 95.9 Å². The minimum absolute atomic E-state index is 0.0510. The molecule has 27 heavy (non-hydrogen) atoms. The maximum atomic E-state index is 12.6. The first-order valence-electron chi connectivity index (χ1n) is 9.38. The van der Waals surface area contributed by atoms with Crippen LogP contribution >= 0.6 is 0 Å². The van der Waals surface area contributed by atoms with Crippen LogP contribution in [0.1, 0.15) is 37.7 Å². The van der Waals surface area contributed by atoms with E-state index >= 15 is 0 Å². The summed E-state index contributed by atoms with van der Waals surface area (Å²) < 4.78 is 31.3. The van der Waals surface area contributed by atoms with Crippen LogP contribution in [-0.4, -0.2) is 62.4 Å². The number of aliphatic hydroxyl groups is 1. The van der Waals surface area contributed by atoms with Crippen LogP contribution in [0.25, 0.3) is 0 Å². The van der Waals surface area contributed by atoms with Crippen molar-refractivity contribution in [3.05, 3.63) is 29.8 Å². The molecule has 1 aliphatic rings. The number of aliphatic hydroxyl groups excluding tert-OH is 1. The lowest BCUT2D eigenvalue weighted by Crippen LogP contribution is -2.58. The molecule has 1 amide bonds. The van der Waals surface area contributed by atoms with Crippen LogP contribution in [0.5, 0.6) is 5.75 Å². The zero-order chi connectivity index (χ0) is 19.9. The smallest absolute Gasteiger partial charge is 0.222 e. The Kier molecular flexibility index (Phi) is 8.07. The van der Waals surface area contributed by atoms with Crippen molar-refractivity contribution in [3.8, 4) is 5.75 Å². The SMILES string of the molecule is Cc1ccccc1OCCCCC(=O)N1CCCC(NS(C)(=O)=O)[C@@H]1CO. The number of amides is 1. The molecule has 0 saturated carbocycles. The molecule has 0 bridgehead atoms. The van der Waals surface area contributed by atoms with Gasteiger partial charge in [-0.1, -0.05) is 18.2 Å².